The molecule has 5 nitrogen and oxygen atoms in total. The molecule has 1 heterocycles. The molecule has 0 N–H and O–H groups in total. The van der Waals surface area contributed by atoms with Crippen LogP contribution in [0.1, 0.15) is 20.8 Å². The van der Waals surface area contributed by atoms with Crippen molar-refractivity contribution in [2.75, 3.05) is 0 Å². The summed E-state index contributed by atoms with van der Waals surface area (Å²) in [6, 6.07) is 0. The molecule has 16 heavy (non-hydrogen) atoms. The van der Waals surface area contributed by atoms with Gasteiger partial charge >= 0.3 is 0 Å². The van der Waals surface area contributed by atoms with Crippen molar-refractivity contribution in [2.24, 2.45) is 0 Å². The SMILES string of the molecule is CC(C)OC(C)Cn1cc(S(=O)(=O)Cl)cn1. The van der Waals surface area contributed by atoms with E-state index in [0.29, 0.717) is 6.54 Å². The molecule has 0 aliphatic rings. The van der Waals surface area contributed by atoms with E-state index in [4.69, 9.17) is 15.4 Å². The van der Waals surface area contributed by atoms with Crippen LogP contribution in [0.25, 0.3) is 0 Å². The first kappa shape index (κ1) is 13.5. The third-order valence-corrected chi connectivity index (χ3v) is 3.15. The highest BCUT2D eigenvalue weighted by Gasteiger charge is 2.14. The van der Waals surface area contributed by atoms with Crippen LogP contribution in [-0.2, 0) is 20.3 Å². The van der Waals surface area contributed by atoms with Crippen molar-refractivity contribution in [3.05, 3.63) is 12.4 Å². The van der Waals surface area contributed by atoms with Crippen LogP contribution in [0, 0.1) is 0 Å². The fourth-order valence-electron chi connectivity index (χ4n) is 1.34. The second kappa shape index (κ2) is 5.16. The first-order valence-electron chi connectivity index (χ1n) is 4.91. The second-order valence-electron chi connectivity index (χ2n) is 3.83. The lowest BCUT2D eigenvalue weighted by Crippen LogP contribution is -2.20. The van der Waals surface area contributed by atoms with E-state index in [2.05, 4.69) is 5.10 Å². The van der Waals surface area contributed by atoms with Gasteiger partial charge in [0.05, 0.1) is 24.9 Å². The number of halogens is 1. The molecule has 1 rings (SSSR count). The van der Waals surface area contributed by atoms with Gasteiger partial charge in [0.2, 0.25) is 0 Å². The monoisotopic (exact) mass is 266 g/mol. The van der Waals surface area contributed by atoms with Crippen LogP contribution >= 0.6 is 10.7 Å². The summed E-state index contributed by atoms with van der Waals surface area (Å²) in [5.74, 6) is 0. The molecule has 0 spiro atoms. The molecule has 1 aromatic heterocycles. The molecule has 92 valence electrons. The van der Waals surface area contributed by atoms with E-state index in [1.807, 2.05) is 20.8 Å². The molecule has 0 fully saturated rings. The standard InChI is InChI=1S/C9H15ClN2O3S/c1-7(2)15-8(3)5-12-6-9(4-11-12)16(10,13)14/h4,6-8H,5H2,1-3H3. The second-order valence-corrected chi connectivity index (χ2v) is 6.40. The molecule has 7 heteroatoms. The topological polar surface area (TPSA) is 61.2 Å². The van der Waals surface area contributed by atoms with E-state index < -0.39 is 9.05 Å². The van der Waals surface area contributed by atoms with Crippen LogP contribution < -0.4 is 0 Å². The Labute approximate surface area is 99.8 Å². The first-order chi connectivity index (χ1) is 7.29. The van der Waals surface area contributed by atoms with E-state index in [1.165, 1.54) is 17.1 Å². The maximum Gasteiger partial charge on any atom is 0.264 e. The van der Waals surface area contributed by atoms with Crippen molar-refractivity contribution in [2.45, 2.75) is 44.4 Å². The highest BCUT2D eigenvalue weighted by Crippen LogP contribution is 2.13. The van der Waals surface area contributed by atoms with E-state index in [-0.39, 0.29) is 17.1 Å². The van der Waals surface area contributed by atoms with Gasteiger partial charge in [-0.15, -0.1) is 0 Å². The summed E-state index contributed by atoms with van der Waals surface area (Å²) < 4.78 is 29.0. The lowest BCUT2D eigenvalue weighted by Gasteiger charge is -2.15. The molecule has 0 aliphatic heterocycles. The Morgan fingerprint density at radius 3 is 2.56 bits per heavy atom. The fourth-order valence-corrected chi connectivity index (χ4v) is 2.00. The molecular weight excluding hydrogens is 252 g/mol. The molecule has 0 amide bonds. The molecule has 1 atom stereocenters. The third kappa shape index (κ3) is 4.11. The molecule has 1 unspecified atom stereocenters. The summed E-state index contributed by atoms with van der Waals surface area (Å²) >= 11 is 0. The zero-order chi connectivity index (χ0) is 12.3. The summed E-state index contributed by atoms with van der Waals surface area (Å²) in [4.78, 5) is 0.00548. The van der Waals surface area contributed by atoms with E-state index in [1.54, 1.807) is 0 Å². The van der Waals surface area contributed by atoms with Gasteiger partial charge in [0, 0.05) is 16.9 Å². The summed E-state index contributed by atoms with van der Waals surface area (Å²) in [6.45, 7) is 6.27. The maximum atomic E-state index is 11.0. The van der Waals surface area contributed by atoms with E-state index in [9.17, 15) is 8.42 Å². The van der Waals surface area contributed by atoms with Gasteiger partial charge in [-0.25, -0.2) is 8.42 Å². The number of rotatable bonds is 5. The third-order valence-electron chi connectivity index (χ3n) is 1.84. The average Bonchev–Trinajstić information content (AvgIpc) is 2.49. The van der Waals surface area contributed by atoms with Crippen LogP contribution in [0.15, 0.2) is 17.3 Å². The highest BCUT2D eigenvalue weighted by molar-refractivity contribution is 8.13. The highest BCUT2D eigenvalue weighted by atomic mass is 35.7. The van der Waals surface area contributed by atoms with Crippen molar-refractivity contribution >= 4 is 19.7 Å². The first-order valence-corrected chi connectivity index (χ1v) is 7.22. The largest absolute Gasteiger partial charge is 0.374 e. The predicted octanol–water partition coefficient (Wildman–Crippen LogP) is 1.62. The number of hydrogen-bond acceptors (Lipinski definition) is 4. The molecule has 0 radical (unpaired) electrons. The fraction of sp³-hybridized carbons (Fsp3) is 0.667. The molecule has 0 bridgehead atoms. The minimum absolute atomic E-state index is 0.00548. The number of aromatic nitrogens is 2. The normalized spacial score (nSPS) is 14.3. The van der Waals surface area contributed by atoms with Crippen LogP contribution in [0.5, 0.6) is 0 Å². The van der Waals surface area contributed by atoms with Crippen molar-refractivity contribution in [1.29, 1.82) is 0 Å². The molecule has 0 saturated heterocycles. The van der Waals surface area contributed by atoms with Crippen LogP contribution in [-0.4, -0.2) is 30.4 Å². The lowest BCUT2D eigenvalue weighted by molar-refractivity contribution is 0.00780. The van der Waals surface area contributed by atoms with Crippen molar-refractivity contribution in [1.82, 2.24) is 9.78 Å². The van der Waals surface area contributed by atoms with E-state index >= 15 is 0 Å². The van der Waals surface area contributed by atoms with Gasteiger partial charge in [-0.2, -0.15) is 5.10 Å². The summed E-state index contributed by atoms with van der Waals surface area (Å²) in [6.07, 6.45) is 2.71. The van der Waals surface area contributed by atoms with Gasteiger partial charge in [0.1, 0.15) is 4.90 Å². The van der Waals surface area contributed by atoms with Gasteiger partial charge < -0.3 is 4.74 Å². The van der Waals surface area contributed by atoms with Gasteiger partial charge in [0.15, 0.2) is 0 Å². The van der Waals surface area contributed by atoms with Crippen LogP contribution in [0.3, 0.4) is 0 Å². The quantitative estimate of drug-likeness (QED) is 0.760. The number of ether oxygens (including phenoxy) is 1. The Bertz CT molecular complexity index is 441. The molecule has 0 saturated carbocycles. The molecule has 0 aliphatic carbocycles. The van der Waals surface area contributed by atoms with Gasteiger partial charge in [-0.3, -0.25) is 4.68 Å². The average molecular weight is 267 g/mol. The van der Waals surface area contributed by atoms with E-state index in [0.717, 1.165) is 0 Å². The summed E-state index contributed by atoms with van der Waals surface area (Å²) in [5, 5.41) is 3.90. The van der Waals surface area contributed by atoms with Crippen LogP contribution in [0.2, 0.25) is 0 Å². The Kier molecular flexibility index (Phi) is 4.35. The Morgan fingerprint density at radius 1 is 1.50 bits per heavy atom. The Hall–Kier alpha value is -0.590. The molecule has 0 aromatic carbocycles. The number of hydrogen-bond donors (Lipinski definition) is 0. The van der Waals surface area contributed by atoms with Crippen LogP contribution in [0.4, 0.5) is 0 Å². The lowest BCUT2D eigenvalue weighted by atomic mass is 10.4. The Balaban J connectivity index is 2.66. The number of nitrogens with zero attached hydrogens (tertiary/aromatic N) is 2. The predicted molar refractivity (Wildman–Crippen MR) is 60.9 cm³/mol. The van der Waals surface area contributed by atoms with Gasteiger partial charge in [-0.05, 0) is 20.8 Å². The van der Waals surface area contributed by atoms with Crippen molar-refractivity contribution in [3.8, 4) is 0 Å². The zero-order valence-electron chi connectivity index (χ0n) is 9.42. The van der Waals surface area contributed by atoms with Gasteiger partial charge in [-0.1, -0.05) is 0 Å². The van der Waals surface area contributed by atoms with Crippen molar-refractivity contribution < 1.29 is 13.2 Å². The van der Waals surface area contributed by atoms with Crippen molar-refractivity contribution in [3.63, 3.8) is 0 Å². The van der Waals surface area contributed by atoms with Gasteiger partial charge in [0.25, 0.3) is 9.05 Å². The minimum atomic E-state index is -3.69. The summed E-state index contributed by atoms with van der Waals surface area (Å²) in [5.41, 5.74) is 0. The smallest absolute Gasteiger partial charge is 0.264 e. The minimum Gasteiger partial charge on any atom is -0.374 e. The summed E-state index contributed by atoms with van der Waals surface area (Å²) in [7, 11) is 1.49. The molecule has 1 aromatic rings. The molecular formula is C9H15ClN2O3S. The zero-order valence-corrected chi connectivity index (χ0v) is 11.0. The maximum absolute atomic E-state index is 11.0. The Morgan fingerprint density at radius 2 is 2.12 bits per heavy atom.